The summed E-state index contributed by atoms with van der Waals surface area (Å²) in [5.74, 6) is 0.171. The van der Waals surface area contributed by atoms with E-state index in [1.54, 1.807) is 37.3 Å². The number of hydrogen-bond donors (Lipinski definition) is 2. The highest BCUT2D eigenvalue weighted by atomic mass is 16.5. The molecule has 0 unspecified atom stereocenters. The Morgan fingerprint density at radius 1 is 1.00 bits per heavy atom. The smallest absolute Gasteiger partial charge is 0.371 e. The summed E-state index contributed by atoms with van der Waals surface area (Å²) in [6, 6.07) is 12.3. The Balaban J connectivity index is 2.13. The SMILES string of the molecule is CCCCOc1cc(/C=C(\OCC)C(=O)O)ccc1OCCc1ccc(O)cc1. The molecule has 0 spiro atoms. The fraction of sp³-hybridized carbons (Fsp3) is 0.348. The second-order valence-electron chi connectivity index (χ2n) is 6.42. The van der Waals surface area contributed by atoms with Crippen LogP contribution in [0.1, 0.15) is 37.8 Å². The monoisotopic (exact) mass is 400 g/mol. The molecule has 156 valence electrons. The fourth-order valence-electron chi connectivity index (χ4n) is 2.59. The molecule has 2 aromatic rings. The summed E-state index contributed by atoms with van der Waals surface area (Å²) >= 11 is 0. The zero-order chi connectivity index (χ0) is 21.1. The number of aromatic hydroxyl groups is 1. The van der Waals surface area contributed by atoms with Crippen LogP contribution in [0.5, 0.6) is 17.2 Å². The van der Waals surface area contributed by atoms with E-state index >= 15 is 0 Å². The molecule has 6 nitrogen and oxygen atoms in total. The van der Waals surface area contributed by atoms with Crippen LogP contribution in [0.2, 0.25) is 0 Å². The van der Waals surface area contributed by atoms with Crippen molar-refractivity contribution in [3.05, 3.63) is 59.4 Å². The molecule has 2 N–H and O–H groups in total. The number of aliphatic carboxylic acids is 1. The minimum Gasteiger partial charge on any atom is -0.508 e. The second-order valence-corrected chi connectivity index (χ2v) is 6.42. The van der Waals surface area contributed by atoms with Gasteiger partial charge in [0.1, 0.15) is 5.75 Å². The zero-order valence-corrected chi connectivity index (χ0v) is 16.9. The maximum absolute atomic E-state index is 11.3. The normalized spacial score (nSPS) is 11.2. The molecule has 0 fully saturated rings. The maximum atomic E-state index is 11.3. The number of benzene rings is 2. The summed E-state index contributed by atoms with van der Waals surface area (Å²) in [6.07, 6.45) is 4.07. The number of phenolic OH excluding ortho intramolecular Hbond substituents is 1. The van der Waals surface area contributed by atoms with Gasteiger partial charge in [-0.1, -0.05) is 31.5 Å². The number of unbranched alkanes of at least 4 members (excludes halogenated alkanes) is 1. The predicted molar refractivity (Wildman–Crippen MR) is 111 cm³/mol. The van der Waals surface area contributed by atoms with Crippen LogP contribution in [0.3, 0.4) is 0 Å². The molecule has 0 saturated heterocycles. The number of carboxylic acid groups (broad SMARTS) is 1. The Labute approximate surface area is 171 Å². The third kappa shape index (κ3) is 7.41. The third-order valence-electron chi connectivity index (χ3n) is 4.12. The first kappa shape index (κ1) is 22.1. The van der Waals surface area contributed by atoms with Crippen molar-refractivity contribution in [3.8, 4) is 17.2 Å². The third-order valence-corrected chi connectivity index (χ3v) is 4.12. The first-order valence-electron chi connectivity index (χ1n) is 9.78. The van der Waals surface area contributed by atoms with E-state index in [0.29, 0.717) is 36.7 Å². The van der Waals surface area contributed by atoms with Gasteiger partial charge in [0, 0.05) is 6.42 Å². The minimum absolute atomic E-state index is 0.118. The van der Waals surface area contributed by atoms with Crippen LogP contribution in [0.15, 0.2) is 48.2 Å². The lowest BCUT2D eigenvalue weighted by atomic mass is 10.1. The lowest BCUT2D eigenvalue weighted by molar-refractivity contribution is -0.136. The summed E-state index contributed by atoms with van der Waals surface area (Å²) in [5.41, 5.74) is 1.71. The van der Waals surface area contributed by atoms with Gasteiger partial charge in [0.25, 0.3) is 0 Å². The van der Waals surface area contributed by atoms with E-state index in [9.17, 15) is 15.0 Å². The van der Waals surface area contributed by atoms with Crippen molar-refractivity contribution in [1.29, 1.82) is 0 Å². The first-order valence-corrected chi connectivity index (χ1v) is 9.78. The van der Waals surface area contributed by atoms with E-state index in [1.165, 1.54) is 6.08 Å². The summed E-state index contributed by atoms with van der Waals surface area (Å²) in [7, 11) is 0. The molecule has 0 radical (unpaired) electrons. The van der Waals surface area contributed by atoms with Gasteiger partial charge >= 0.3 is 5.97 Å². The Morgan fingerprint density at radius 3 is 2.38 bits per heavy atom. The molecule has 0 saturated carbocycles. The Bertz CT molecular complexity index is 811. The van der Waals surface area contributed by atoms with E-state index in [1.807, 2.05) is 12.1 Å². The van der Waals surface area contributed by atoms with Crippen LogP contribution < -0.4 is 9.47 Å². The van der Waals surface area contributed by atoms with Gasteiger partial charge in [-0.3, -0.25) is 0 Å². The summed E-state index contributed by atoms with van der Waals surface area (Å²) in [5, 5.41) is 18.6. The molecular weight excluding hydrogens is 372 g/mol. The van der Waals surface area contributed by atoms with Gasteiger partial charge in [-0.05, 0) is 54.8 Å². The highest BCUT2D eigenvalue weighted by Gasteiger charge is 2.11. The summed E-state index contributed by atoms with van der Waals surface area (Å²) < 4.78 is 16.9. The quantitative estimate of drug-likeness (QED) is 0.306. The Morgan fingerprint density at radius 2 is 1.72 bits per heavy atom. The maximum Gasteiger partial charge on any atom is 0.371 e. The Hall–Kier alpha value is -3.15. The van der Waals surface area contributed by atoms with Gasteiger partial charge in [-0.15, -0.1) is 0 Å². The van der Waals surface area contributed by atoms with Crippen molar-refractivity contribution in [1.82, 2.24) is 0 Å². The largest absolute Gasteiger partial charge is 0.508 e. The summed E-state index contributed by atoms with van der Waals surface area (Å²) in [4.78, 5) is 11.3. The van der Waals surface area contributed by atoms with Crippen LogP contribution in [0, 0.1) is 0 Å². The standard InChI is InChI=1S/C23H28O6/c1-3-5-13-28-21-15-18(16-22(23(25)26)27-4-2)8-11-20(21)29-14-12-17-6-9-19(24)10-7-17/h6-11,15-16,24H,3-5,12-14H2,1-2H3,(H,25,26)/b22-16-. The van der Waals surface area contributed by atoms with E-state index in [4.69, 9.17) is 14.2 Å². The van der Waals surface area contributed by atoms with Gasteiger partial charge in [0.05, 0.1) is 19.8 Å². The van der Waals surface area contributed by atoms with Gasteiger partial charge < -0.3 is 24.4 Å². The fourth-order valence-corrected chi connectivity index (χ4v) is 2.59. The predicted octanol–water partition coefficient (Wildman–Crippen LogP) is 4.65. The molecule has 0 aliphatic carbocycles. The number of carboxylic acids is 1. The Kier molecular flexibility index (Phi) is 8.89. The number of phenols is 1. The van der Waals surface area contributed by atoms with Crippen LogP contribution in [-0.2, 0) is 16.0 Å². The lowest BCUT2D eigenvalue weighted by Gasteiger charge is -2.14. The second kappa shape index (κ2) is 11.6. The zero-order valence-electron chi connectivity index (χ0n) is 16.9. The molecule has 2 aromatic carbocycles. The molecule has 0 aliphatic heterocycles. The topological polar surface area (TPSA) is 85.2 Å². The average Bonchev–Trinajstić information content (AvgIpc) is 2.70. The average molecular weight is 400 g/mol. The van der Waals surface area contributed by atoms with Gasteiger partial charge in [-0.25, -0.2) is 4.79 Å². The molecule has 0 aromatic heterocycles. The minimum atomic E-state index is -1.12. The summed E-state index contributed by atoms with van der Waals surface area (Å²) in [6.45, 7) is 5.09. The highest BCUT2D eigenvalue weighted by Crippen LogP contribution is 2.30. The number of carbonyl (C=O) groups is 1. The van der Waals surface area contributed by atoms with Crippen LogP contribution >= 0.6 is 0 Å². The lowest BCUT2D eigenvalue weighted by Crippen LogP contribution is -2.06. The van der Waals surface area contributed by atoms with E-state index in [2.05, 4.69) is 6.92 Å². The molecule has 29 heavy (non-hydrogen) atoms. The molecule has 0 aliphatic rings. The molecule has 0 bridgehead atoms. The number of hydrogen-bond acceptors (Lipinski definition) is 5. The molecule has 6 heteroatoms. The van der Waals surface area contributed by atoms with E-state index in [-0.39, 0.29) is 18.1 Å². The van der Waals surface area contributed by atoms with Gasteiger partial charge in [0.15, 0.2) is 11.5 Å². The molecular formula is C23H28O6. The van der Waals surface area contributed by atoms with Gasteiger partial charge in [0.2, 0.25) is 5.76 Å². The van der Waals surface area contributed by atoms with Crippen molar-refractivity contribution >= 4 is 12.0 Å². The number of ether oxygens (including phenoxy) is 3. The van der Waals surface area contributed by atoms with Crippen molar-refractivity contribution in [2.24, 2.45) is 0 Å². The van der Waals surface area contributed by atoms with Crippen LogP contribution in [0.25, 0.3) is 6.08 Å². The van der Waals surface area contributed by atoms with Crippen molar-refractivity contribution in [3.63, 3.8) is 0 Å². The van der Waals surface area contributed by atoms with Crippen LogP contribution in [0.4, 0.5) is 0 Å². The van der Waals surface area contributed by atoms with Crippen molar-refractivity contribution in [2.45, 2.75) is 33.1 Å². The number of rotatable bonds is 12. The molecule has 0 atom stereocenters. The van der Waals surface area contributed by atoms with Crippen molar-refractivity contribution in [2.75, 3.05) is 19.8 Å². The van der Waals surface area contributed by atoms with Crippen molar-refractivity contribution < 1.29 is 29.2 Å². The molecule has 2 rings (SSSR count). The van der Waals surface area contributed by atoms with Gasteiger partial charge in [-0.2, -0.15) is 0 Å². The van der Waals surface area contributed by atoms with E-state index < -0.39 is 5.97 Å². The molecule has 0 amide bonds. The highest BCUT2D eigenvalue weighted by molar-refractivity contribution is 5.90. The van der Waals surface area contributed by atoms with Crippen LogP contribution in [-0.4, -0.2) is 36.0 Å². The molecule has 0 heterocycles. The first-order chi connectivity index (χ1) is 14.0. The van der Waals surface area contributed by atoms with E-state index in [0.717, 1.165) is 18.4 Å².